The van der Waals surface area contributed by atoms with Crippen LogP contribution in [0.4, 0.5) is 0 Å². The van der Waals surface area contributed by atoms with Crippen molar-refractivity contribution >= 4 is 52.9 Å². The van der Waals surface area contributed by atoms with Crippen LogP contribution in [0.5, 0.6) is 0 Å². The zero-order chi connectivity index (χ0) is 22.9. The van der Waals surface area contributed by atoms with E-state index in [0.717, 1.165) is 5.65 Å². The summed E-state index contributed by atoms with van der Waals surface area (Å²) in [4.78, 5) is 12.1. The fraction of sp³-hybridized carbons (Fsp3) is 0.440. The summed E-state index contributed by atoms with van der Waals surface area (Å²) >= 11 is 2.30. The molecule has 0 saturated carbocycles. The lowest BCUT2D eigenvalue weighted by Gasteiger charge is -2.44. The van der Waals surface area contributed by atoms with Crippen molar-refractivity contribution in [3.05, 3.63) is 57.7 Å². The van der Waals surface area contributed by atoms with Crippen LogP contribution < -0.4 is 0 Å². The van der Waals surface area contributed by atoms with Crippen LogP contribution in [0, 0.1) is 17.4 Å². The van der Waals surface area contributed by atoms with Gasteiger partial charge in [-0.15, -0.1) is 0 Å². The Kier molecular flexibility index (Phi) is 7.31. The van der Waals surface area contributed by atoms with Crippen LogP contribution in [0.15, 0.2) is 43.0 Å². The van der Waals surface area contributed by atoms with Crippen LogP contribution in [0.3, 0.4) is 0 Å². The molecule has 0 spiro atoms. The van der Waals surface area contributed by atoms with Gasteiger partial charge < -0.3 is 9.22 Å². The molecule has 4 aromatic heterocycles. The molecule has 0 fully saturated rings. The Morgan fingerprint density at radius 3 is 2.10 bits per heavy atom. The van der Waals surface area contributed by atoms with Gasteiger partial charge in [-0.05, 0) is 88.6 Å². The summed E-state index contributed by atoms with van der Waals surface area (Å²) in [5.74, 6) is 0. The van der Waals surface area contributed by atoms with Crippen molar-refractivity contribution < 1.29 is 0 Å². The topological polar surface area (TPSA) is 46.5 Å². The lowest BCUT2D eigenvalue weighted by atomic mass is 10.2. The number of hydrogen-bond acceptors (Lipinski definition) is 2. The summed E-state index contributed by atoms with van der Waals surface area (Å²) < 4.78 is 3.80. The number of fused-ring (bicyclic) bond motifs is 2. The fourth-order valence-electron chi connectivity index (χ4n) is 5.36. The number of nitrogens with one attached hydrogen (secondary N) is 1. The normalized spacial score (nSPS) is 12.3. The standard InChI is InChI=1S/C17H28N2Si.C8H7IN2/c1-12(2)20(13(3)4,14(5)6)19-9-8-16-10-15(7)11-18-17(16)19;1-5-2-6-7(9)4-11-8(6)10-3-5/h8-14H,1-7H3;2-4H,1H3,(H,10,11). The third-order valence-corrected chi connectivity index (χ3v) is 14.1. The van der Waals surface area contributed by atoms with Gasteiger partial charge in [0.1, 0.15) is 11.3 Å². The van der Waals surface area contributed by atoms with E-state index in [-0.39, 0.29) is 0 Å². The quantitative estimate of drug-likeness (QED) is 0.209. The summed E-state index contributed by atoms with van der Waals surface area (Å²) in [6.07, 6.45) is 8.13. The number of hydrogen-bond donors (Lipinski definition) is 1. The van der Waals surface area contributed by atoms with Crippen molar-refractivity contribution in [2.45, 2.75) is 72.0 Å². The van der Waals surface area contributed by atoms with E-state index in [4.69, 9.17) is 4.98 Å². The molecule has 0 radical (unpaired) electrons. The number of nitrogens with zero attached hydrogens (tertiary/aromatic N) is 3. The van der Waals surface area contributed by atoms with Gasteiger partial charge in [-0.3, -0.25) is 0 Å². The smallest absolute Gasteiger partial charge is 0.171 e. The average molecular weight is 547 g/mol. The molecular weight excluding hydrogens is 511 g/mol. The van der Waals surface area contributed by atoms with Crippen LogP contribution in [0.25, 0.3) is 22.1 Å². The van der Waals surface area contributed by atoms with E-state index in [1.807, 2.05) is 18.6 Å². The van der Waals surface area contributed by atoms with E-state index in [0.29, 0.717) is 16.6 Å². The summed E-state index contributed by atoms with van der Waals surface area (Å²) in [5, 5.41) is 2.49. The summed E-state index contributed by atoms with van der Waals surface area (Å²) in [6, 6.07) is 6.63. The molecule has 4 aromatic rings. The van der Waals surface area contributed by atoms with Crippen LogP contribution in [0.2, 0.25) is 16.6 Å². The van der Waals surface area contributed by atoms with Gasteiger partial charge in [-0.25, -0.2) is 9.97 Å². The molecular formula is C25H35IN4Si. The molecule has 6 heteroatoms. The van der Waals surface area contributed by atoms with Gasteiger partial charge in [0.05, 0.1) is 0 Å². The minimum Gasteiger partial charge on any atom is -0.359 e. The molecule has 0 aliphatic heterocycles. The Morgan fingerprint density at radius 1 is 0.903 bits per heavy atom. The molecule has 0 saturated heterocycles. The Bertz CT molecular complexity index is 1150. The molecule has 0 unspecified atom stereocenters. The lowest BCUT2D eigenvalue weighted by molar-refractivity contribution is 0.770. The molecule has 1 N–H and O–H groups in total. The highest BCUT2D eigenvalue weighted by atomic mass is 127. The van der Waals surface area contributed by atoms with Crippen LogP contribution >= 0.6 is 22.6 Å². The molecule has 0 aromatic carbocycles. The molecule has 0 amide bonds. The van der Waals surface area contributed by atoms with Gasteiger partial charge >= 0.3 is 0 Å². The molecule has 166 valence electrons. The Morgan fingerprint density at radius 2 is 1.48 bits per heavy atom. The first-order chi connectivity index (χ1) is 14.6. The van der Waals surface area contributed by atoms with Crippen molar-refractivity contribution in [1.82, 2.24) is 19.2 Å². The second-order valence-electron chi connectivity index (χ2n) is 9.51. The van der Waals surface area contributed by atoms with Crippen LogP contribution in [0.1, 0.15) is 52.7 Å². The highest BCUT2D eigenvalue weighted by Crippen LogP contribution is 2.43. The van der Waals surface area contributed by atoms with Gasteiger partial charge in [0, 0.05) is 32.9 Å². The second-order valence-corrected chi connectivity index (χ2v) is 16.4. The Hall–Kier alpha value is -1.67. The van der Waals surface area contributed by atoms with E-state index in [2.05, 4.69) is 117 Å². The van der Waals surface area contributed by atoms with E-state index >= 15 is 0 Å². The predicted molar refractivity (Wildman–Crippen MR) is 144 cm³/mol. The van der Waals surface area contributed by atoms with Gasteiger partial charge in [0.25, 0.3) is 0 Å². The Balaban J connectivity index is 0.000000207. The van der Waals surface area contributed by atoms with Gasteiger partial charge in [-0.1, -0.05) is 41.5 Å². The number of H-pyrrole nitrogens is 1. The van der Waals surface area contributed by atoms with Gasteiger partial charge in [0.2, 0.25) is 0 Å². The SMILES string of the molecule is Cc1cnc2[nH]cc(I)c2c1.Cc1cnc2c(ccn2[Si](C(C)C)(C(C)C)C(C)C)c1. The van der Waals surface area contributed by atoms with Crippen molar-refractivity contribution in [1.29, 1.82) is 0 Å². The average Bonchev–Trinajstić information content (AvgIpc) is 3.26. The lowest BCUT2D eigenvalue weighted by Crippen LogP contribution is -2.51. The first-order valence-electron chi connectivity index (χ1n) is 11.1. The maximum atomic E-state index is 4.75. The number of aromatic nitrogens is 4. The van der Waals surface area contributed by atoms with Crippen molar-refractivity contribution in [3.63, 3.8) is 0 Å². The largest absolute Gasteiger partial charge is 0.359 e. The predicted octanol–water partition coefficient (Wildman–Crippen LogP) is 7.84. The molecule has 0 atom stereocenters. The Labute approximate surface area is 201 Å². The third kappa shape index (κ3) is 4.46. The number of pyridine rings is 2. The molecule has 0 bridgehead atoms. The van der Waals surface area contributed by atoms with E-state index in [9.17, 15) is 0 Å². The molecule has 4 rings (SSSR count). The summed E-state index contributed by atoms with van der Waals surface area (Å²) in [6.45, 7) is 18.5. The monoisotopic (exact) mass is 546 g/mol. The maximum Gasteiger partial charge on any atom is 0.171 e. The third-order valence-electron chi connectivity index (χ3n) is 6.47. The zero-order valence-corrected chi connectivity index (χ0v) is 23.2. The van der Waals surface area contributed by atoms with Crippen molar-refractivity contribution in [2.75, 3.05) is 0 Å². The fourth-order valence-corrected chi connectivity index (χ4v) is 12.5. The number of aromatic amines is 1. The first-order valence-corrected chi connectivity index (χ1v) is 14.4. The molecule has 0 aliphatic carbocycles. The molecule has 0 aliphatic rings. The van der Waals surface area contributed by atoms with E-state index < -0.39 is 8.24 Å². The number of rotatable bonds is 4. The van der Waals surface area contributed by atoms with Crippen LogP contribution in [-0.2, 0) is 0 Å². The minimum absolute atomic E-state index is 0.696. The van der Waals surface area contributed by atoms with Crippen molar-refractivity contribution in [3.8, 4) is 0 Å². The van der Waals surface area contributed by atoms with E-state index in [1.54, 1.807) is 0 Å². The summed E-state index contributed by atoms with van der Waals surface area (Å²) in [7, 11) is -1.68. The number of aryl methyl sites for hydroxylation is 2. The van der Waals surface area contributed by atoms with Crippen molar-refractivity contribution in [2.24, 2.45) is 0 Å². The first kappa shape index (κ1) is 24.0. The highest BCUT2D eigenvalue weighted by molar-refractivity contribution is 14.1. The van der Waals surface area contributed by atoms with E-state index in [1.165, 1.54) is 31.1 Å². The second kappa shape index (κ2) is 9.44. The molecule has 4 heterocycles. The zero-order valence-electron chi connectivity index (χ0n) is 20.0. The van der Waals surface area contributed by atoms with Gasteiger partial charge in [-0.2, -0.15) is 0 Å². The highest BCUT2D eigenvalue weighted by Gasteiger charge is 2.45. The van der Waals surface area contributed by atoms with Crippen LogP contribution in [-0.4, -0.2) is 27.4 Å². The molecule has 4 nitrogen and oxygen atoms in total. The minimum atomic E-state index is -1.68. The maximum absolute atomic E-state index is 4.75. The summed E-state index contributed by atoms with van der Waals surface area (Å²) in [5.41, 5.74) is 6.68. The number of halogens is 1. The molecule has 31 heavy (non-hydrogen) atoms. The van der Waals surface area contributed by atoms with Gasteiger partial charge in [0.15, 0.2) is 8.24 Å².